The molecule has 0 saturated heterocycles. The molecule has 0 saturated carbocycles. The predicted molar refractivity (Wildman–Crippen MR) is 52.4 cm³/mol. The van der Waals surface area contributed by atoms with Gasteiger partial charge in [0, 0.05) is 0 Å². The lowest BCUT2D eigenvalue weighted by Gasteiger charge is -2.01. The molecule has 1 heterocycles. The van der Waals surface area contributed by atoms with E-state index in [9.17, 15) is 4.79 Å². The van der Waals surface area contributed by atoms with Crippen molar-refractivity contribution in [1.29, 1.82) is 0 Å². The first-order valence-electron chi connectivity index (χ1n) is 4.20. The van der Waals surface area contributed by atoms with Crippen molar-refractivity contribution in [1.82, 2.24) is 4.98 Å². The fraction of sp³-hybridized carbons (Fsp3) is 0.556. The Bertz CT molecular complexity index is 317. The molecule has 0 fully saturated rings. The molecule has 0 amide bonds. The van der Waals surface area contributed by atoms with Crippen LogP contribution in [0.15, 0.2) is 0 Å². The number of aromatic nitrogens is 1. The first-order valence-corrected chi connectivity index (χ1v) is 5.02. The van der Waals surface area contributed by atoms with Crippen LogP contribution >= 0.6 is 11.3 Å². The number of carboxylic acid groups (broad SMARTS) is 1. The van der Waals surface area contributed by atoms with Crippen molar-refractivity contribution in [3.8, 4) is 0 Å². The molecule has 0 bridgehead atoms. The minimum atomic E-state index is -0.860. The Morgan fingerprint density at radius 2 is 2.23 bits per heavy atom. The molecule has 1 aromatic rings. The Labute approximate surface area is 81.4 Å². The maximum atomic E-state index is 10.8. The lowest BCUT2D eigenvalue weighted by atomic mass is 10.1. The Hall–Kier alpha value is -0.900. The lowest BCUT2D eigenvalue weighted by Crippen LogP contribution is -2.02. The van der Waals surface area contributed by atoms with E-state index in [-0.39, 0.29) is 0 Å². The minimum Gasteiger partial charge on any atom is -0.477 e. The number of hydrogen-bond acceptors (Lipinski definition) is 3. The second-order valence-electron chi connectivity index (χ2n) is 3.41. The lowest BCUT2D eigenvalue weighted by molar-refractivity contribution is 0.0700. The second kappa shape index (κ2) is 3.87. The number of hydrogen-bond donors (Lipinski definition) is 1. The third-order valence-electron chi connectivity index (χ3n) is 1.60. The van der Waals surface area contributed by atoms with Gasteiger partial charge in [-0.1, -0.05) is 13.8 Å². The third-order valence-corrected chi connectivity index (χ3v) is 2.60. The molecule has 1 rings (SSSR count). The SMILES string of the molecule is Cc1nc(CC(C)C)c(C(=O)O)s1. The molecule has 0 unspecified atom stereocenters. The highest BCUT2D eigenvalue weighted by Crippen LogP contribution is 2.20. The number of aryl methyl sites for hydroxylation is 1. The number of aromatic carboxylic acids is 1. The van der Waals surface area contributed by atoms with Crippen molar-refractivity contribution in [2.45, 2.75) is 27.2 Å². The van der Waals surface area contributed by atoms with E-state index >= 15 is 0 Å². The van der Waals surface area contributed by atoms with Gasteiger partial charge in [-0.05, 0) is 19.3 Å². The number of carboxylic acids is 1. The van der Waals surface area contributed by atoms with Crippen LogP contribution in [-0.4, -0.2) is 16.1 Å². The maximum absolute atomic E-state index is 10.8. The first kappa shape index (κ1) is 10.2. The van der Waals surface area contributed by atoms with Crippen LogP contribution in [0.3, 0.4) is 0 Å². The van der Waals surface area contributed by atoms with Gasteiger partial charge in [0.15, 0.2) is 0 Å². The van der Waals surface area contributed by atoms with Crippen LogP contribution in [0.2, 0.25) is 0 Å². The zero-order valence-electron chi connectivity index (χ0n) is 8.00. The van der Waals surface area contributed by atoms with E-state index in [2.05, 4.69) is 18.8 Å². The topological polar surface area (TPSA) is 50.2 Å². The van der Waals surface area contributed by atoms with E-state index in [1.54, 1.807) is 0 Å². The molecule has 0 spiro atoms. The molecule has 4 heteroatoms. The molecule has 0 radical (unpaired) electrons. The van der Waals surface area contributed by atoms with Crippen molar-refractivity contribution < 1.29 is 9.90 Å². The third kappa shape index (κ3) is 2.52. The van der Waals surface area contributed by atoms with Gasteiger partial charge < -0.3 is 5.11 Å². The summed E-state index contributed by atoms with van der Waals surface area (Å²) in [4.78, 5) is 15.4. The molecule has 0 aliphatic rings. The monoisotopic (exact) mass is 199 g/mol. The molecule has 0 aromatic carbocycles. The van der Waals surface area contributed by atoms with Crippen LogP contribution in [-0.2, 0) is 6.42 Å². The molecule has 1 aromatic heterocycles. The van der Waals surface area contributed by atoms with E-state index in [4.69, 9.17) is 5.11 Å². The molecular weight excluding hydrogens is 186 g/mol. The van der Waals surface area contributed by atoms with Gasteiger partial charge in [0.2, 0.25) is 0 Å². The summed E-state index contributed by atoms with van der Waals surface area (Å²) in [7, 11) is 0. The van der Waals surface area contributed by atoms with Crippen molar-refractivity contribution in [3.63, 3.8) is 0 Å². The largest absolute Gasteiger partial charge is 0.477 e. The van der Waals surface area contributed by atoms with Gasteiger partial charge in [0.05, 0.1) is 10.7 Å². The average molecular weight is 199 g/mol. The summed E-state index contributed by atoms with van der Waals surface area (Å²) in [5.41, 5.74) is 0.727. The Balaban J connectivity index is 2.97. The highest BCUT2D eigenvalue weighted by Gasteiger charge is 2.15. The van der Waals surface area contributed by atoms with E-state index < -0.39 is 5.97 Å². The predicted octanol–water partition coefficient (Wildman–Crippen LogP) is 2.35. The summed E-state index contributed by atoms with van der Waals surface area (Å²) in [5, 5.41) is 9.69. The van der Waals surface area contributed by atoms with E-state index in [1.165, 1.54) is 11.3 Å². The molecular formula is C9H13NO2S. The average Bonchev–Trinajstić information content (AvgIpc) is 2.29. The highest BCUT2D eigenvalue weighted by atomic mass is 32.1. The maximum Gasteiger partial charge on any atom is 0.347 e. The van der Waals surface area contributed by atoms with Gasteiger partial charge in [-0.25, -0.2) is 9.78 Å². The number of nitrogens with zero attached hydrogens (tertiary/aromatic N) is 1. The quantitative estimate of drug-likeness (QED) is 0.813. The van der Waals surface area contributed by atoms with Gasteiger partial charge in [-0.2, -0.15) is 0 Å². The van der Waals surface area contributed by atoms with Crippen LogP contribution in [0, 0.1) is 12.8 Å². The summed E-state index contributed by atoms with van der Waals surface area (Å²) in [5.74, 6) is -0.416. The molecule has 3 nitrogen and oxygen atoms in total. The molecule has 13 heavy (non-hydrogen) atoms. The van der Waals surface area contributed by atoms with Gasteiger partial charge in [-0.15, -0.1) is 11.3 Å². The van der Waals surface area contributed by atoms with Crippen LogP contribution in [0.25, 0.3) is 0 Å². The summed E-state index contributed by atoms with van der Waals surface area (Å²) in [6, 6.07) is 0. The smallest absolute Gasteiger partial charge is 0.347 e. The van der Waals surface area contributed by atoms with Crippen LogP contribution < -0.4 is 0 Å². The molecule has 1 N–H and O–H groups in total. The zero-order valence-corrected chi connectivity index (χ0v) is 8.81. The number of carbonyl (C=O) groups is 1. The Morgan fingerprint density at radius 1 is 1.62 bits per heavy atom. The highest BCUT2D eigenvalue weighted by molar-refractivity contribution is 7.13. The summed E-state index contributed by atoms with van der Waals surface area (Å²) >= 11 is 1.25. The van der Waals surface area contributed by atoms with Crippen molar-refractivity contribution in [2.24, 2.45) is 5.92 Å². The second-order valence-corrected chi connectivity index (χ2v) is 4.62. The minimum absolute atomic E-state index is 0.395. The van der Waals surface area contributed by atoms with Crippen molar-refractivity contribution in [2.75, 3.05) is 0 Å². The number of thiazole rings is 1. The van der Waals surface area contributed by atoms with E-state index in [1.807, 2.05) is 6.92 Å². The van der Waals surface area contributed by atoms with Crippen LogP contribution in [0.1, 0.15) is 34.2 Å². The summed E-state index contributed by atoms with van der Waals surface area (Å²) in [6.45, 7) is 5.95. The van der Waals surface area contributed by atoms with Gasteiger partial charge in [0.1, 0.15) is 4.88 Å². The molecule has 0 aliphatic carbocycles. The van der Waals surface area contributed by atoms with E-state index in [0.29, 0.717) is 10.8 Å². The zero-order chi connectivity index (χ0) is 10.0. The Kier molecular flexibility index (Phi) is 3.03. The first-order chi connectivity index (χ1) is 6.00. The van der Waals surface area contributed by atoms with Gasteiger partial charge >= 0.3 is 5.97 Å². The summed E-state index contributed by atoms with van der Waals surface area (Å²) in [6.07, 6.45) is 0.742. The Morgan fingerprint density at radius 3 is 2.69 bits per heavy atom. The van der Waals surface area contributed by atoms with Gasteiger partial charge in [0.25, 0.3) is 0 Å². The molecule has 72 valence electrons. The fourth-order valence-corrected chi connectivity index (χ4v) is 1.95. The standard InChI is InChI=1S/C9H13NO2S/c1-5(2)4-7-8(9(11)12)13-6(3)10-7/h5H,4H2,1-3H3,(H,11,12). The normalized spacial score (nSPS) is 10.8. The number of rotatable bonds is 3. The van der Waals surface area contributed by atoms with Crippen LogP contribution in [0.4, 0.5) is 0 Å². The van der Waals surface area contributed by atoms with Crippen molar-refractivity contribution >= 4 is 17.3 Å². The fourth-order valence-electron chi connectivity index (χ4n) is 1.16. The summed E-state index contributed by atoms with van der Waals surface area (Å²) < 4.78 is 0. The van der Waals surface area contributed by atoms with E-state index in [0.717, 1.165) is 17.1 Å². The molecule has 0 aliphatic heterocycles. The van der Waals surface area contributed by atoms with Gasteiger partial charge in [-0.3, -0.25) is 0 Å². The van der Waals surface area contributed by atoms with Crippen molar-refractivity contribution in [3.05, 3.63) is 15.6 Å². The van der Waals surface area contributed by atoms with Crippen LogP contribution in [0.5, 0.6) is 0 Å². The molecule has 0 atom stereocenters.